The summed E-state index contributed by atoms with van der Waals surface area (Å²) in [5.74, 6) is -0.955. The molecule has 0 aromatic carbocycles. The Morgan fingerprint density at radius 1 is 1.40 bits per heavy atom. The average molecular weight is 216 g/mol. The van der Waals surface area contributed by atoms with E-state index in [1.165, 1.54) is 4.90 Å². The van der Waals surface area contributed by atoms with Gasteiger partial charge in [0.25, 0.3) is 0 Å². The van der Waals surface area contributed by atoms with E-state index in [4.69, 9.17) is 10.8 Å². The third-order valence-electron chi connectivity index (χ3n) is 2.43. The van der Waals surface area contributed by atoms with E-state index in [-0.39, 0.29) is 18.4 Å². The average Bonchev–Trinajstić information content (AvgIpc) is 2.21. The second-order valence-corrected chi connectivity index (χ2v) is 3.52. The van der Waals surface area contributed by atoms with Crippen molar-refractivity contribution < 1.29 is 14.7 Å². The topological polar surface area (TPSA) is 83.6 Å². The standard InChI is InChI=1S/C10H20N2O3/c1-3-8(6-11)5-9(13)12(4-2)7-10(14)15/h8H,3-7,11H2,1-2H3,(H,14,15). The molecule has 0 heterocycles. The molecule has 5 heteroatoms. The van der Waals surface area contributed by atoms with Crippen molar-refractivity contribution in [2.75, 3.05) is 19.6 Å². The lowest BCUT2D eigenvalue weighted by Gasteiger charge is -2.21. The second kappa shape index (κ2) is 7.23. The van der Waals surface area contributed by atoms with Crippen LogP contribution in [0.15, 0.2) is 0 Å². The van der Waals surface area contributed by atoms with Crippen molar-refractivity contribution in [1.82, 2.24) is 4.90 Å². The van der Waals surface area contributed by atoms with E-state index in [1.807, 2.05) is 6.92 Å². The molecule has 0 spiro atoms. The lowest BCUT2D eigenvalue weighted by atomic mass is 10.0. The number of nitrogens with zero attached hydrogens (tertiary/aromatic N) is 1. The van der Waals surface area contributed by atoms with Crippen molar-refractivity contribution in [2.24, 2.45) is 11.7 Å². The van der Waals surface area contributed by atoms with E-state index in [0.717, 1.165) is 6.42 Å². The SMILES string of the molecule is CCC(CN)CC(=O)N(CC)CC(=O)O. The Balaban J connectivity index is 4.19. The Morgan fingerprint density at radius 2 is 2.00 bits per heavy atom. The monoisotopic (exact) mass is 216 g/mol. The predicted molar refractivity (Wildman–Crippen MR) is 57.3 cm³/mol. The number of carbonyl (C=O) groups excluding carboxylic acids is 1. The summed E-state index contributed by atoms with van der Waals surface area (Å²) >= 11 is 0. The number of carbonyl (C=O) groups is 2. The highest BCUT2D eigenvalue weighted by atomic mass is 16.4. The Morgan fingerprint density at radius 3 is 2.33 bits per heavy atom. The molecule has 0 aromatic heterocycles. The van der Waals surface area contributed by atoms with E-state index in [1.54, 1.807) is 6.92 Å². The molecule has 3 N–H and O–H groups in total. The largest absolute Gasteiger partial charge is 0.480 e. The zero-order valence-corrected chi connectivity index (χ0v) is 9.40. The van der Waals surface area contributed by atoms with Gasteiger partial charge in [-0.05, 0) is 19.4 Å². The third kappa shape index (κ3) is 5.37. The summed E-state index contributed by atoms with van der Waals surface area (Å²) in [5, 5.41) is 8.59. The van der Waals surface area contributed by atoms with Gasteiger partial charge in [-0.1, -0.05) is 13.3 Å². The van der Waals surface area contributed by atoms with Gasteiger partial charge in [0.15, 0.2) is 0 Å². The zero-order valence-electron chi connectivity index (χ0n) is 9.40. The Labute approximate surface area is 90.2 Å². The first-order chi connectivity index (χ1) is 7.04. The molecule has 0 saturated heterocycles. The van der Waals surface area contributed by atoms with Crippen LogP contribution >= 0.6 is 0 Å². The van der Waals surface area contributed by atoms with E-state index in [9.17, 15) is 9.59 Å². The Bertz CT molecular complexity index is 215. The summed E-state index contributed by atoms with van der Waals surface area (Å²) < 4.78 is 0. The molecule has 0 fully saturated rings. The smallest absolute Gasteiger partial charge is 0.323 e. The quantitative estimate of drug-likeness (QED) is 0.641. The minimum atomic E-state index is -0.981. The van der Waals surface area contributed by atoms with Crippen molar-refractivity contribution in [3.8, 4) is 0 Å². The molecule has 1 atom stereocenters. The summed E-state index contributed by atoms with van der Waals surface area (Å²) in [5.41, 5.74) is 5.49. The molecule has 0 saturated carbocycles. The molecule has 88 valence electrons. The normalized spacial score (nSPS) is 12.2. The first-order valence-corrected chi connectivity index (χ1v) is 5.24. The first kappa shape index (κ1) is 13.9. The number of aliphatic carboxylic acids is 1. The number of carboxylic acid groups (broad SMARTS) is 1. The molecule has 1 unspecified atom stereocenters. The highest BCUT2D eigenvalue weighted by molar-refractivity contribution is 5.81. The number of likely N-dealkylation sites (N-methyl/N-ethyl adjacent to an activating group) is 1. The Hall–Kier alpha value is -1.10. The van der Waals surface area contributed by atoms with Crippen molar-refractivity contribution >= 4 is 11.9 Å². The van der Waals surface area contributed by atoms with Gasteiger partial charge in [-0.3, -0.25) is 9.59 Å². The Kier molecular flexibility index (Phi) is 6.70. The summed E-state index contributed by atoms with van der Waals surface area (Å²) in [7, 11) is 0. The van der Waals surface area contributed by atoms with Gasteiger partial charge in [0.2, 0.25) is 5.91 Å². The van der Waals surface area contributed by atoms with Crippen molar-refractivity contribution in [2.45, 2.75) is 26.7 Å². The van der Waals surface area contributed by atoms with Crippen LogP contribution in [0.1, 0.15) is 26.7 Å². The number of amides is 1. The lowest BCUT2D eigenvalue weighted by molar-refractivity contribution is -0.144. The molecule has 0 aromatic rings. The van der Waals surface area contributed by atoms with Crippen LogP contribution in [-0.2, 0) is 9.59 Å². The van der Waals surface area contributed by atoms with Crippen LogP contribution in [0.3, 0.4) is 0 Å². The molecule has 15 heavy (non-hydrogen) atoms. The molecule has 0 radical (unpaired) electrons. The van der Waals surface area contributed by atoms with Gasteiger partial charge in [0.1, 0.15) is 6.54 Å². The van der Waals surface area contributed by atoms with Gasteiger partial charge in [-0.2, -0.15) is 0 Å². The maximum atomic E-state index is 11.6. The molecular formula is C10H20N2O3. The van der Waals surface area contributed by atoms with Crippen molar-refractivity contribution in [3.63, 3.8) is 0 Å². The molecule has 0 aliphatic carbocycles. The molecule has 5 nitrogen and oxygen atoms in total. The van der Waals surface area contributed by atoms with E-state index in [2.05, 4.69) is 0 Å². The van der Waals surface area contributed by atoms with Crippen LogP contribution in [0.4, 0.5) is 0 Å². The fourth-order valence-electron chi connectivity index (χ4n) is 1.31. The van der Waals surface area contributed by atoms with E-state index >= 15 is 0 Å². The van der Waals surface area contributed by atoms with Crippen LogP contribution in [0.5, 0.6) is 0 Å². The minimum absolute atomic E-state index is 0.128. The van der Waals surface area contributed by atoms with Gasteiger partial charge in [0.05, 0.1) is 0 Å². The van der Waals surface area contributed by atoms with Crippen LogP contribution in [0.25, 0.3) is 0 Å². The maximum Gasteiger partial charge on any atom is 0.323 e. The van der Waals surface area contributed by atoms with Gasteiger partial charge in [-0.15, -0.1) is 0 Å². The van der Waals surface area contributed by atoms with Crippen molar-refractivity contribution in [1.29, 1.82) is 0 Å². The molecular weight excluding hydrogens is 196 g/mol. The summed E-state index contributed by atoms with van der Waals surface area (Å²) in [6, 6.07) is 0. The number of nitrogens with two attached hydrogens (primary N) is 1. The van der Waals surface area contributed by atoms with Crippen LogP contribution in [0.2, 0.25) is 0 Å². The van der Waals surface area contributed by atoms with Gasteiger partial charge >= 0.3 is 5.97 Å². The molecule has 0 aliphatic rings. The number of hydrogen-bond acceptors (Lipinski definition) is 3. The van der Waals surface area contributed by atoms with E-state index < -0.39 is 5.97 Å². The third-order valence-corrected chi connectivity index (χ3v) is 2.43. The molecule has 1 amide bonds. The highest BCUT2D eigenvalue weighted by Crippen LogP contribution is 2.08. The van der Waals surface area contributed by atoms with E-state index in [0.29, 0.717) is 19.5 Å². The summed E-state index contributed by atoms with van der Waals surface area (Å²) in [6.45, 7) is 4.40. The summed E-state index contributed by atoms with van der Waals surface area (Å²) in [4.78, 5) is 23.5. The molecule has 0 aliphatic heterocycles. The first-order valence-electron chi connectivity index (χ1n) is 5.24. The van der Waals surface area contributed by atoms with Crippen LogP contribution < -0.4 is 5.73 Å². The van der Waals surface area contributed by atoms with Gasteiger partial charge in [-0.25, -0.2) is 0 Å². The zero-order chi connectivity index (χ0) is 11.8. The number of rotatable bonds is 7. The van der Waals surface area contributed by atoms with Crippen molar-refractivity contribution in [3.05, 3.63) is 0 Å². The summed E-state index contributed by atoms with van der Waals surface area (Å²) in [6.07, 6.45) is 1.18. The predicted octanol–water partition coefficient (Wildman–Crippen LogP) is 0.295. The van der Waals surface area contributed by atoms with Crippen LogP contribution in [0, 0.1) is 5.92 Å². The fourth-order valence-corrected chi connectivity index (χ4v) is 1.31. The minimum Gasteiger partial charge on any atom is -0.480 e. The lowest BCUT2D eigenvalue weighted by Crippen LogP contribution is -2.37. The highest BCUT2D eigenvalue weighted by Gasteiger charge is 2.18. The fraction of sp³-hybridized carbons (Fsp3) is 0.800. The number of carboxylic acids is 1. The molecule has 0 rings (SSSR count). The van der Waals surface area contributed by atoms with Crippen LogP contribution in [-0.4, -0.2) is 41.5 Å². The second-order valence-electron chi connectivity index (χ2n) is 3.52. The maximum absolute atomic E-state index is 11.6. The number of hydrogen-bond donors (Lipinski definition) is 2. The van der Waals surface area contributed by atoms with Gasteiger partial charge in [0, 0.05) is 13.0 Å². The van der Waals surface area contributed by atoms with Gasteiger partial charge < -0.3 is 15.7 Å². The molecule has 0 bridgehead atoms.